The van der Waals surface area contributed by atoms with Gasteiger partial charge in [0.15, 0.2) is 0 Å². The van der Waals surface area contributed by atoms with Crippen LogP contribution in [0.4, 0.5) is 11.4 Å². The summed E-state index contributed by atoms with van der Waals surface area (Å²) in [5.41, 5.74) is 8.57. The highest BCUT2D eigenvalue weighted by molar-refractivity contribution is 5.76. The van der Waals surface area contributed by atoms with Crippen LogP contribution in [0.3, 0.4) is 0 Å². The summed E-state index contributed by atoms with van der Waals surface area (Å²) in [6.45, 7) is 6.66. The van der Waals surface area contributed by atoms with Crippen molar-refractivity contribution in [1.82, 2.24) is 5.32 Å². The van der Waals surface area contributed by atoms with E-state index >= 15 is 0 Å². The van der Waals surface area contributed by atoms with Crippen molar-refractivity contribution in [3.05, 3.63) is 23.8 Å². The Kier molecular flexibility index (Phi) is 5.49. The average Bonchev–Trinajstić information content (AvgIpc) is 2.33. The van der Waals surface area contributed by atoms with Gasteiger partial charge in [0.05, 0.1) is 0 Å². The fourth-order valence-corrected chi connectivity index (χ4v) is 1.56. The minimum atomic E-state index is 0.0871. The van der Waals surface area contributed by atoms with Crippen LogP contribution < -0.4 is 16.4 Å². The van der Waals surface area contributed by atoms with E-state index in [0.29, 0.717) is 13.0 Å². The maximum Gasteiger partial charge on any atom is 0.221 e. The lowest BCUT2D eigenvalue weighted by Gasteiger charge is -2.12. The molecule has 1 amide bonds. The van der Waals surface area contributed by atoms with E-state index in [2.05, 4.69) is 17.6 Å². The van der Waals surface area contributed by atoms with Gasteiger partial charge in [0.25, 0.3) is 0 Å². The van der Waals surface area contributed by atoms with Crippen molar-refractivity contribution >= 4 is 17.3 Å². The van der Waals surface area contributed by atoms with Gasteiger partial charge in [-0.15, -0.1) is 0 Å². The van der Waals surface area contributed by atoms with E-state index in [0.717, 1.165) is 23.4 Å². The molecule has 4 nitrogen and oxygen atoms in total. The number of nitrogens with one attached hydrogen (secondary N) is 2. The van der Waals surface area contributed by atoms with Gasteiger partial charge >= 0.3 is 0 Å². The fraction of sp³-hybridized carbons (Fsp3) is 0.500. The molecule has 1 aromatic carbocycles. The highest BCUT2D eigenvalue weighted by Gasteiger charge is 2.04. The molecule has 0 saturated carbocycles. The molecule has 0 aromatic heterocycles. The van der Waals surface area contributed by atoms with Gasteiger partial charge in [-0.05, 0) is 44.0 Å². The van der Waals surface area contributed by atoms with Gasteiger partial charge in [-0.3, -0.25) is 4.79 Å². The van der Waals surface area contributed by atoms with Crippen LogP contribution in [0.2, 0.25) is 0 Å². The first-order chi connectivity index (χ1) is 8.52. The molecule has 0 aliphatic rings. The minimum Gasteiger partial charge on any atom is -0.399 e. The number of carbonyl (C=O) groups is 1. The summed E-state index contributed by atoms with van der Waals surface area (Å²) < 4.78 is 0. The van der Waals surface area contributed by atoms with E-state index in [4.69, 9.17) is 5.73 Å². The third-order valence-electron chi connectivity index (χ3n) is 2.97. The van der Waals surface area contributed by atoms with Gasteiger partial charge in [-0.2, -0.15) is 0 Å². The number of nitrogen functional groups attached to an aromatic ring is 1. The van der Waals surface area contributed by atoms with Gasteiger partial charge in [-0.1, -0.05) is 6.92 Å². The zero-order valence-corrected chi connectivity index (χ0v) is 11.4. The molecule has 1 atom stereocenters. The molecule has 18 heavy (non-hydrogen) atoms. The first kappa shape index (κ1) is 14.4. The SMILES string of the molecule is CCC(C)NC(=O)CCNc1ccc(N)c(C)c1. The van der Waals surface area contributed by atoms with E-state index in [-0.39, 0.29) is 11.9 Å². The lowest BCUT2D eigenvalue weighted by atomic mass is 10.2. The number of nitrogens with two attached hydrogens (primary N) is 1. The molecule has 0 spiro atoms. The standard InChI is InChI=1S/C14H23N3O/c1-4-11(3)17-14(18)7-8-16-12-5-6-13(15)10(2)9-12/h5-6,9,11,16H,4,7-8,15H2,1-3H3,(H,17,18). The molecule has 4 N–H and O–H groups in total. The van der Waals surface area contributed by atoms with Crippen LogP contribution in [0.15, 0.2) is 18.2 Å². The highest BCUT2D eigenvalue weighted by atomic mass is 16.1. The molecular formula is C14H23N3O. The summed E-state index contributed by atoms with van der Waals surface area (Å²) in [6.07, 6.45) is 1.43. The Labute approximate surface area is 109 Å². The third kappa shape index (κ3) is 4.65. The summed E-state index contributed by atoms with van der Waals surface area (Å²) >= 11 is 0. The van der Waals surface area contributed by atoms with Crippen LogP contribution in [0.25, 0.3) is 0 Å². The number of benzene rings is 1. The van der Waals surface area contributed by atoms with Crippen LogP contribution in [-0.4, -0.2) is 18.5 Å². The van der Waals surface area contributed by atoms with Crippen LogP contribution in [0, 0.1) is 6.92 Å². The molecule has 0 fully saturated rings. The maximum absolute atomic E-state index is 11.6. The van der Waals surface area contributed by atoms with Crippen LogP contribution >= 0.6 is 0 Å². The first-order valence-corrected chi connectivity index (χ1v) is 6.42. The second-order valence-electron chi connectivity index (χ2n) is 4.62. The average molecular weight is 249 g/mol. The van der Waals surface area contributed by atoms with E-state index < -0.39 is 0 Å². The van der Waals surface area contributed by atoms with Gasteiger partial charge in [-0.25, -0.2) is 0 Å². The quantitative estimate of drug-likeness (QED) is 0.678. The predicted molar refractivity (Wildman–Crippen MR) is 76.6 cm³/mol. The van der Waals surface area contributed by atoms with Crippen molar-refractivity contribution < 1.29 is 4.79 Å². The van der Waals surface area contributed by atoms with Crippen molar-refractivity contribution in [1.29, 1.82) is 0 Å². The van der Waals surface area contributed by atoms with Crippen molar-refractivity contribution in [3.8, 4) is 0 Å². The monoisotopic (exact) mass is 249 g/mol. The molecule has 0 bridgehead atoms. The number of hydrogen-bond donors (Lipinski definition) is 3. The van der Waals surface area contributed by atoms with E-state index in [9.17, 15) is 4.79 Å². The molecule has 4 heteroatoms. The largest absolute Gasteiger partial charge is 0.399 e. The van der Waals surface area contributed by atoms with Crippen molar-refractivity contribution in [3.63, 3.8) is 0 Å². The summed E-state index contributed by atoms with van der Waals surface area (Å²) in [5, 5.41) is 6.16. The zero-order chi connectivity index (χ0) is 13.5. The Bertz CT molecular complexity index is 404. The zero-order valence-electron chi connectivity index (χ0n) is 11.4. The van der Waals surface area contributed by atoms with Crippen molar-refractivity contribution in [2.24, 2.45) is 0 Å². The summed E-state index contributed by atoms with van der Waals surface area (Å²) in [5.74, 6) is 0.0871. The lowest BCUT2D eigenvalue weighted by Crippen LogP contribution is -2.32. The smallest absolute Gasteiger partial charge is 0.221 e. The van der Waals surface area contributed by atoms with Crippen LogP contribution in [0.1, 0.15) is 32.3 Å². The molecular weight excluding hydrogens is 226 g/mol. The molecule has 1 aromatic rings. The first-order valence-electron chi connectivity index (χ1n) is 6.42. The van der Waals surface area contributed by atoms with Crippen molar-refractivity contribution in [2.45, 2.75) is 39.7 Å². The highest BCUT2D eigenvalue weighted by Crippen LogP contribution is 2.16. The van der Waals surface area contributed by atoms with E-state index in [1.165, 1.54) is 0 Å². The fourth-order valence-electron chi connectivity index (χ4n) is 1.56. The number of aryl methyl sites for hydroxylation is 1. The topological polar surface area (TPSA) is 67.2 Å². The maximum atomic E-state index is 11.6. The Balaban J connectivity index is 2.33. The molecule has 1 unspecified atom stereocenters. The number of hydrogen-bond acceptors (Lipinski definition) is 3. The van der Waals surface area contributed by atoms with Crippen LogP contribution in [0.5, 0.6) is 0 Å². The molecule has 0 saturated heterocycles. The van der Waals surface area contributed by atoms with E-state index in [1.54, 1.807) is 0 Å². The Morgan fingerprint density at radius 2 is 2.17 bits per heavy atom. The van der Waals surface area contributed by atoms with Crippen molar-refractivity contribution in [2.75, 3.05) is 17.6 Å². The second-order valence-corrected chi connectivity index (χ2v) is 4.62. The third-order valence-corrected chi connectivity index (χ3v) is 2.97. The number of rotatable bonds is 6. The van der Waals surface area contributed by atoms with Gasteiger partial charge in [0, 0.05) is 30.4 Å². The minimum absolute atomic E-state index is 0.0871. The van der Waals surface area contributed by atoms with Crippen LogP contribution in [-0.2, 0) is 4.79 Å². The normalized spacial score (nSPS) is 11.9. The molecule has 0 heterocycles. The Morgan fingerprint density at radius 3 is 2.78 bits per heavy atom. The number of anilines is 2. The van der Waals surface area contributed by atoms with E-state index in [1.807, 2.05) is 32.0 Å². The number of amides is 1. The molecule has 1 rings (SSSR count). The number of carbonyl (C=O) groups excluding carboxylic acids is 1. The molecule has 0 radical (unpaired) electrons. The molecule has 0 aliphatic heterocycles. The van der Waals surface area contributed by atoms with Gasteiger partial charge < -0.3 is 16.4 Å². The second kappa shape index (κ2) is 6.89. The molecule has 0 aliphatic carbocycles. The Morgan fingerprint density at radius 1 is 1.44 bits per heavy atom. The van der Waals surface area contributed by atoms with Gasteiger partial charge in [0.1, 0.15) is 0 Å². The van der Waals surface area contributed by atoms with Gasteiger partial charge in [0.2, 0.25) is 5.91 Å². The molecule has 100 valence electrons. The summed E-state index contributed by atoms with van der Waals surface area (Å²) in [6, 6.07) is 6.03. The predicted octanol–water partition coefficient (Wildman–Crippen LogP) is 2.29. The summed E-state index contributed by atoms with van der Waals surface area (Å²) in [7, 11) is 0. The summed E-state index contributed by atoms with van der Waals surface area (Å²) in [4.78, 5) is 11.6. The lowest BCUT2D eigenvalue weighted by molar-refractivity contribution is -0.121. The Hall–Kier alpha value is -1.71.